The molecule has 0 radical (unpaired) electrons. The number of benzene rings is 3. The summed E-state index contributed by atoms with van der Waals surface area (Å²) < 4.78 is 5.55. The minimum Gasteiger partial charge on any atom is -0.496 e. The van der Waals surface area contributed by atoms with Gasteiger partial charge < -0.3 is 20.3 Å². The standard InChI is InChI=1S/C31H35N3O3/c1-21(32)24-13-14-29(37-2)27(17-24)30(35)34-20-26(23-11-7-4-8-12-23)18-28(34)31(36)33-16-15-25(19-33)22-9-5-3-6-10-22/h3-14,17,21,25-26,28H,15-16,18-20,32H2,1-2H3/t21-,25?,26-,28-/m0/s1. The summed E-state index contributed by atoms with van der Waals surface area (Å²) in [7, 11) is 1.56. The van der Waals surface area contributed by atoms with E-state index in [0.717, 1.165) is 17.5 Å². The van der Waals surface area contributed by atoms with Crippen LogP contribution < -0.4 is 10.5 Å². The van der Waals surface area contributed by atoms with E-state index in [1.165, 1.54) is 5.56 Å². The second-order valence-electron chi connectivity index (χ2n) is 10.2. The van der Waals surface area contributed by atoms with E-state index >= 15 is 0 Å². The summed E-state index contributed by atoms with van der Waals surface area (Å²) in [6, 6.07) is 25.3. The van der Waals surface area contributed by atoms with Gasteiger partial charge in [0.15, 0.2) is 0 Å². The van der Waals surface area contributed by atoms with Crippen molar-refractivity contribution < 1.29 is 14.3 Å². The third kappa shape index (κ3) is 5.12. The lowest BCUT2D eigenvalue weighted by atomic mass is 9.96. The molecule has 2 N–H and O–H groups in total. The van der Waals surface area contributed by atoms with E-state index in [-0.39, 0.29) is 23.8 Å². The second kappa shape index (κ2) is 10.8. The predicted molar refractivity (Wildman–Crippen MR) is 145 cm³/mol. The summed E-state index contributed by atoms with van der Waals surface area (Å²) in [5.74, 6) is 0.759. The Morgan fingerprint density at radius 2 is 1.57 bits per heavy atom. The van der Waals surface area contributed by atoms with Crippen LogP contribution in [-0.4, -0.2) is 54.4 Å². The van der Waals surface area contributed by atoms with Gasteiger partial charge in [-0.05, 0) is 48.6 Å². The van der Waals surface area contributed by atoms with E-state index in [9.17, 15) is 9.59 Å². The minimum atomic E-state index is -0.518. The van der Waals surface area contributed by atoms with Gasteiger partial charge in [-0.3, -0.25) is 9.59 Å². The third-order valence-electron chi connectivity index (χ3n) is 7.87. The lowest BCUT2D eigenvalue weighted by Crippen LogP contribution is -2.47. The average molecular weight is 498 g/mol. The van der Waals surface area contributed by atoms with Crippen LogP contribution in [0.4, 0.5) is 0 Å². The van der Waals surface area contributed by atoms with Crippen LogP contribution in [0.5, 0.6) is 5.75 Å². The number of hydrogen-bond donors (Lipinski definition) is 1. The van der Waals surface area contributed by atoms with Crippen LogP contribution in [0.25, 0.3) is 0 Å². The van der Waals surface area contributed by atoms with Gasteiger partial charge in [-0.1, -0.05) is 66.7 Å². The van der Waals surface area contributed by atoms with E-state index in [0.29, 0.717) is 43.3 Å². The molecule has 0 spiro atoms. The van der Waals surface area contributed by atoms with Crippen molar-refractivity contribution in [2.24, 2.45) is 5.73 Å². The molecule has 5 rings (SSSR count). The highest BCUT2D eigenvalue weighted by atomic mass is 16.5. The zero-order valence-electron chi connectivity index (χ0n) is 21.5. The zero-order valence-corrected chi connectivity index (χ0v) is 21.5. The van der Waals surface area contributed by atoms with Crippen LogP contribution in [0.15, 0.2) is 78.9 Å². The maximum Gasteiger partial charge on any atom is 0.258 e. The fourth-order valence-corrected chi connectivity index (χ4v) is 5.76. The van der Waals surface area contributed by atoms with Gasteiger partial charge in [-0.25, -0.2) is 0 Å². The molecule has 3 aromatic rings. The number of hydrogen-bond acceptors (Lipinski definition) is 4. The Hall–Kier alpha value is -3.64. The highest BCUT2D eigenvalue weighted by Crippen LogP contribution is 2.37. The third-order valence-corrected chi connectivity index (χ3v) is 7.87. The first kappa shape index (κ1) is 25.0. The van der Waals surface area contributed by atoms with Gasteiger partial charge in [-0.2, -0.15) is 0 Å². The molecule has 6 heteroatoms. The molecule has 0 aliphatic carbocycles. The molecule has 2 fully saturated rings. The Bertz CT molecular complexity index is 1250. The number of likely N-dealkylation sites (tertiary alicyclic amines) is 2. The quantitative estimate of drug-likeness (QED) is 0.534. The van der Waals surface area contributed by atoms with Crippen LogP contribution in [0.2, 0.25) is 0 Å². The van der Waals surface area contributed by atoms with Crippen LogP contribution in [0.1, 0.15) is 64.7 Å². The fraction of sp³-hybridized carbons (Fsp3) is 0.355. The first-order valence-corrected chi connectivity index (χ1v) is 13.1. The van der Waals surface area contributed by atoms with Gasteiger partial charge in [0.1, 0.15) is 11.8 Å². The van der Waals surface area contributed by atoms with Crippen molar-refractivity contribution in [3.05, 3.63) is 101 Å². The number of nitrogens with zero attached hydrogens (tertiary/aromatic N) is 2. The number of nitrogens with two attached hydrogens (primary N) is 1. The summed E-state index contributed by atoms with van der Waals surface area (Å²) in [5.41, 5.74) is 9.84. The van der Waals surface area contributed by atoms with E-state index in [1.54, 1.807) is 18.1 Å². The van der Waals surface area contributed by atoms with Crippen molar-refractivity contribution in [1.29, 1.82) is 0 Å². The van der Waals surface area contributed by atoms with Crippen LogP contribution in [0.3, 0.4) is 0 Å². The number of rotatable bonds is 6. The summed E-state index contributed by atoms with van der Waals surface area (Å²) >= 11 is 0. The highest BCUT2D eigenvalue weighted by Gasteiger charge is 2.44. The lowest BCUT2D eigenvalue weighted by Gasteiger charge is -2.28. The van der Waals surface area contributed by atoms with Crippen LogP contribution >= 0.6 is 0 Å². The Morgan fingerprint density at radius 3 is 2.19 bits per heavy atom. The van der Waals surface area contributed by atoms with Crippen molar-refractivity contribution in [3.8, 4) is 5.75 Å². The molecule has 6 nitrogen and oxygen atoms in total. The van der Waals surface area contributed by atoms with Gasteiger partial charge in [0.05, 0.1) is 12.7 Å². The molecule has 2 heterocycles. The fourth-order valence-electron chi connectivity index (χ4n) is 5.76. The van der Waals surface area contributed by atoms with Crippen LogP contribution in [-0.2, 0) is 4.79 Å². The monoisotopic (exact) mass is 497 g/mol. The molecule has 2 aliphatic heterocycles. The molecule has 37 heavy (non-hydrogen) atoms. The number of amides is 2. The van der Waals surface area contributed by atoms with Gasteiger partial charge in [0, 0.05) is 37.5 Å². The molecule has 0 saturated carbocycles. The van der Waals surface area contributed by atoms with Gasteiger partial charge in [0.2, 0.25) is 5.91 Å². The van der Waals surface area contributed by atoms with Crippen LogP contribution in [0, 0.1) is 0 Å². The van der Waals surface area contributed by atoms with Crippen molar-refractivity contribution >= 4 is 11.8 Å². The number of carbonyl (C=O) groups is 2. The molecular formula is C31H35N3O3. The van der Waals surface area contributed by atoms with E-state index in [4.69, 9.17) is 10.5 Å². The lowest BCUT2D eigenvalue weighted by molar-refractivity contribution is -0.134. The first-order valence-electron chi connectivity index (χ1n) is 13.1. The maximum absolute atomic E-state index is 14.0. The van der Waals surface area contributed by atoms with Gasteiger partial charge >= 0.3 is 0 Å². The molecule has 2 aliphatic rings. The van der Waals surface area contributed by atoms with Crippen molar-refractivity contribution in [2.45, 2.75) is 43.7 Å². The SMILES string of the molecule is COc1ccc([C@H](C)N)cc1C(=O)N1C[C@@H](c2ccccc2)C[C@H]1C(=O)N1CCC(c2ccccc2)C1. The predicted octanol–water partition coefficient (Wildman–Crippen LogP) is 4.73. The molecule has 3 aromatic carbocycles. The first-order chi connectivity index (χ1) is 18.0. The Labute approximate surface area is 219 Å². The van der Waals surface area contributed by atoms with E-state index in [1.807, 2.05) is 60.4 Å². The van der Waals surface area contributed by atoms with E-state index < -0.39 is 6.04 Å². The van der Waals surface area contributed by atoms with Gasteiger partial charge in [-0.15, -0.1) is 0 Å². The summed E-state index contributed by atoms with van der Waals surface area (Å²) in [5, 5.41) is 0. The maximum atomic E-state index is 14.0. The molecule has 2 saturated heterocycles. The molecule has 192 valence electrons. The summed E-state index contributed by atoms with van der Waals surface area (Å²) in [6.45, 7) is 3.76. The summed E-state index contributed by atoms with van der Waals surface area (Å²) in [4.78, 5) is 31.7. The smallest absolute Gasteiger partial charge is 0.258 e. The molecular weight excluding hydrogens is 462 g/mol. The Kier molecular flexibility index (Phi) is 7.28. The normalized spacial score (nSPS) is 22.2. The highest BCUT2D eigenvalue weighted by molar-refractivity contribution is 6.00. The van der Waals surface area contributed by atoms with E-state index in [2.05, 4.69) is 24.3 Å². The van der Waals surface area contributed by atoms with Crippen molar-refractivity contribution in [1.82, 2.24) is 9.80 Å². The molecule has 0 aromatic heterocycles. The molecule has 2 amide bonds. The summed E-state index contributed by atoms with van der Waals surface area (Å²) in [6.07, 6.45) is 1.54. The number of ether oxygens (including phenoxy) is 1. The average Bonchev–Trinajstić information content (AvgIpc) is 3.61. The zero-order chi connectivity index (χ0) is 25.9. The molecule has 1 unspecified atom stereocenters. The molecule has 4 atom stereocenters. The number of carbonyl (C=O) groups excluding carboxylic acids is 2. The Morgan fingerprint density at radius 1 is 0.919 bits per heavy atom. The largest absolute Gasteiger partial charge is 0.496 e. The van der Waals surface area contributed by atoms with Gasteiger partial charge in [0.25, 0.3) is 5.91 Å². The molecule has 0 bridgehead atoms. The minimum absolute atomic E-state index is 0.0347. The van der Waals surface area contributed by atoms with Crippen molar-refractivity contribution in [3.63, 3.8) is 0 Å². The van der Waals surface area contributed by atoms with Crippen molar-refractivity contribution in [2.75, 3.05) is 26.7 Å². The topological polar surface area (TPSA) is 75.9 Å². The Balaban J connectivity index is 1.44. The number of methoxy groups -OCH3 is 1. The second-order valence-corrected chi connectivity index (χ2v) is 10.2.